The van der Waals surface area contributed by atoms with Crippen molar-refractivity contribution in [1.82, 2.24) is 19.4 Å². The molecule has 3 rings (SSSR count). The number of imidazole rings is 1. The molecule has 23 heavy (non-hydrogen) atoms. The SMILES string of the molecule is CCc1nccn1CC1CCN(C(=O)c2ccc[nH]c2=O)CC1. The van der Waals surface area contributed by atoms with Crippen LogP contribution in [0.25, 0.3) is 0 Å². The van der Waals surface area contributed by atoms with E-state index in [4.69, 9.17) is 0 Å². The number of hydrogen-bond donors (Lipinski definition) is 1. The molecule has 0 bridgehead atoms. The van der Waals surface area contributed by atoms with Crippen molar-refractivity contribution in [3.63, 3.8) is 0 Å². The molecular weight excluding hydrogens is 292 g/mol. The minimum absolute atomic E-state index is 0.165. The lowest BCUT2D eigenvalue weighted by atomic mass is 9.96. The Morgan fingerprint density at radius 3 is 2.87 bits per heavy atom. The van der Waals surface area contributed by atoms with Crippen LogP contribution in [0.15, 0.2) is 35.5 Å². The van der Waals surface area contributed by atoms with Crippen LogP contribution in [0.2, 0.25) is 0 Å². The van der Waals surface area contributed by atoms with Gasteiger partial charge < -0.3 is 14.5 Å². The molecular formula is C17H22N4O2. The minimum Gasteiger partial charge on any atom is -0.338 e. The number of amides is 1. The molecule has 0 atom stereocenters. The van der Waals surface area contributed by atoms with Crippen molar-refractivity contribution in [3.05, 3.63) is 52.5 Å². The number of pyridine rings is 1. The molecule has 1 aliphatic heterocycles. The van der Waals surface area contributed by atoms with Crippen LogP contribution < -0.4 is 5.56 Å². The maximum Gasteiger partial charge on any atom is 0.260 e. The summed E-state index contributed by atoms with van der Waals surface area (Å²) in [5.41, 5.74) is -0.0838. The van der Waals surface area contributed by atoms with Gasteiger partial charge in [0.2, 0.25) is 0 Å². The minimum atomic E-state index is -0.314. The summed E-state index contributed by atoms with van der Waals surface area (Å²) in [6.07, 6.45) is 8.26. The second kappa shape index (κ2) is 6.81. The van der Waals surface area contributed by atoms with E-state index in [0.29, 0.717) is 19.0 Å². The van der Waals surface area contributed by atoms with Gasteiger partial charge in [-0.3, -0.25) is 9.59 Å². The third kappa shape index (κ3) is 3.36. The predicted molar refractivity (Wildman–Crippen MR) is 87.3 cm³/mol. The smallest absolute Gasteiger partial charge is 0.260 e. The Morgan fingerprint density at radius 2 is 2.17 bits per heavy atom. The lowest BCUT2D eigenvalue weighted by Gasteiger charge is -2.32. The van der Waals surface area contributed by atoms with Crippen LogP contribution in [-0.2, 0) is 13.0 Å². The van der Waals surface area contributed by atoms with Gasteiger partial charge in [-0.05, 0) is 30.9 Å². The van der Waals surface area contributed by atoms with Crippen molar-refractivity contribution in [3.8, 4) is 0 Å². The third-order valence-corrected chi connectivity index (χ3v) is 4.52. The average molecular weight is 314 g/mol. The molecule has 1 saturated heterocycles. The van der Waals surface area contributed by atoms with E-state index >= 15 is 0 Å². The fraction of sp³-hybridized carbons (Fsp3) is 0.471. The monoisotopic (exact) mass is 314 g/mol. The molecule has 2 aromatic rings. The van der Waals surface area contributed by atoms with E-state index in [1.165, 1.54) is 0 Å². The molecule has 1 N–H and O–H groups in total. The molecule has 1 fully saturated rings. The summed E-state index contributed by atoms with van der Waals surface area (Å²) in [6, 6.07) is 3.28. The Labute approximate surface area is 135 Å². The molecule has 0 radical (unpaired) electrons. The highest BCUT2D eigenvalue weighted by Gasteiger charge is 2.25. The fourth-order valence-corrected chi connectivity index (χ4v) is 3.18. The van der Waals surface area contributed by atoms with Gasteiger partial charge in [0.1, 0.15) is 11.4 Å². The Kier molecular flexibility index (Phi) is 4.60. The molecule has 0 aromatic carbocycles. The van der Waals surface area contributed by atoms with Gasteiger partial charge in [-0.25, -0.2) is 4.98 Å². The Hall–Kier alpha value is -2.37. The van der Waals surface area contributed by atoms with Crippen LogP contribution in [0.3, 0.4) is 0 Å². The second-order valence-electron chi connectivity index (χ2n) is 6.00. The maximum atomic E-state index is 12.4. The van der Waals surface area contributed by atoms with Gasteiger partial charge in [0.05, 0.1) is 0 Å². The van der Waals surface area contributed by atoms with Crippen LogP contribution in [0.5, 0.6) is 0 Å². The first-order chi connectivity index (χ1) is 11.2. The first-order valence-corrected chi connectivity index (χ1v) is 8.16. The summed E-state index contributed by atoms with van der Waals surface area (Å²) in [7, 11) is 0. The van der Waals surface area contributed by atoms with Gasteiger partial charge in [-0.2, -0.15) is 0 Å². The lowest BCUT2D eigenvalue weighted by molar-refractivity contribution is 0.0680. The van der Waals surface area contributed by atoms with Gasteiger partial charge in [-0.15, -0.1) is 0 Å². The highest BCUT2D eigenvalue weighted by atomic mass is 16.2. The van der Waals surface area contributed by atoms with Crippen molar-refractivity contribution in [2.45, 2.75) is 32.7 Å². The third-order valence-electron chi connectivity index (χ3n) is 4.52. The van der Waals surface area contributed by atoms with Gasteiger partial charge in [0, 0.05) is 44.6 Å². The first-order valence-electron chi connectivity index (χ1n) is 8.16. The molecule has 0 unspecified atom stereocenters. The van der Waals surface area contributed by atoms with E-state index in [9.17, 15) is 9.59 Å². The standard InChI is InChI=1S/C17H22N4O2/c1-2-15-18-8-11-21(15)12-13-5-9-20(10-6-13)17(23)14-4-3-7-19-16(14)22/h3-4,7-8,11,13H,2,5-6,9-10,12H2,1H3,(H,19,22). The van der Waals surface area contributed by atoms with Crippen LogP contribution in [0.1, 0.15) is 35.9 Å². The molecule has 1 aliphatic rings. The predicted octanol–water partition coefficient (Wildman–Crippen LogP) is 1.69. The molecule has 122 valence electrons. The topological polar surface area (TPSA) is 71.0 Å². The van der Waals surface area contributed by atoms with Gasteiger partial charge >= 0.3 is 0 Å². The number of aromatic nitrogens is 3. The maximum absolute atomic E-state index is 12.4. The average Bonchev–Trinajstić information content (AvgIpc) is 3.02. The number of nitrogens with zero attached hydrogens (tertiary/aromatic N) is 3. The summed E-state index contributed by atoms with van der Waals surface area (Å²) in [4.78, 5) is 32.9. The molecule has 0 aliphatic carbocycles. The number of rotatable bonds is 4. The first kappa shape index (κ1) is 15.5. The van der Waals surface area contributed by atoms with E-state index < -0.39 is 0 Å². The Morgan fingerprint density at radius 1 is 1.39 bits per heavy atom. The molecule has 1 amide bonds. The van der Waals surface area contributed by atoms with Crippen molar-refractivity contribution in [1.29, 1.82) is 0 Å². The van der Waals surface area contributed by atoms with E-state index in [1.807, 2.05) is 12.4 Å². The molecule has 3 heterocycles. The van der Waals surface area contributed by atoms with Crippen molar-refractivity contribution in [2.75, 3.05) is 13.1 Å². The highest BCUT2D eigenvalue weighted by Crippen LogP contribution is 2.20. The second-order valence-corrected chi connectivity index (χ2v) is 6.00. The van der Waals surface area contributed by atoms with Crippen molar-refractivity contribution < 1.29 is 4.79 Å². The Bertz CT molecular complexity index is 726. The van der Waals surface area contributed by atoms with Crippen LogP contribution >= 0.6 is 0 Å². The number of likely N-dealkylation sites (tertiary alicyclic amines) is 1. The number of aromatic amines is 1. The van der Waals surface area contributed by atoms with E-state index in [2.05, 4.69) is 21.5 Å². The normalized spacial score (nSPS) is 15.8. The van der Waals surface area contributed by atoms with Crippen LogP contribution in [0, 0.1) is 5.92 Å². The van der Waals surface area contributed by atoms with E-state index in [0.717, 1.165) is 31.6 Å². The molecule has 2 aromatic heterocycles. The van der Waals surface area contributed by atoms with Crippen molar-refractivity contribution >= 4 is 5.91 Å². The number of aryl methyl sites for hydroxylation is 1. The molecule has 6 heteroatoms. The zero-order valence-corrected chi connectivity index (χ0v) is 13.4. The summed E-state index contributed by atoms with van der Waals surface area (Å²) < 4.78 is 2.21. The number of nitrogens with one attached hydrogen (secondary N) is 1. The fourth-order valence-electron chi connectivity index (χ4n) is 3.18. The van der Waals surface area contributed by atoms with Gasteiger partial charge in [0.25, 0.3) is 11.5 Å². The van der Waals surface area contributed by atoms with E-state index in [1.54, 1.807) is 23.2 Å². The number of carbonyl (C=O) groups is 1. The van der Waals surface area contributed by atoms with Crippen LogP contribution in [0.4, 0.5) is 0 Å². The van der Waals surface area contributed by atoms with E-state index in [-0.39, 0.29) is 17.0 Å². The molecule has 0 spiro atoms. The van der Waals surface area contributed by atoms with Crippen LogP contribution in [-0.4, -0.2) is 38.4 Å². The lowest BCUT2D eigenvalue weighted by Crippen LogP contribution is -2.41. The number of carbonyl (C=O) groups excluding carboxylic acids is 1. The highest BCUT2D eigenvalue weighted by molar-refractivity contribution is 5.93. The Balaban J connectivity index is 1.59. The summed E-state index contributed by atoms with van der Waals surface area (Å²) >= 11 is 0. The zero-order chi connectivity index (χ0) is 16.2. The molecule has 0 saturated carbocycles. The largest absolute Gasteiger partial charge is 0.338 e. The van der Waals surface area contributed by atoms with Gasteiger partial charge in [-0.1, -0.05) is 6.92 Å². The molecule has 6 nitrogen and oxygen atoms in total. The summed E-state index contributed by atoms with van der Waals surface area (Å²) in [6.45, 7) is 4.47. The summed E-state index contributed by atoms with van der Waals surface area (Å²) in [5.74, 6) is 1.49. The number of hydrogen-bond acceptors (Lipinski definition) is 3. The zero-order valence-electron chi connectivity index (χ0n) is 13.4. The quantitative estimate of drug-likeness (QED) is 0.933. The number of H-pyrrole nitrogens is 1. The summed E-state index contributed by atoms with van der Waals surface area (Å²) in [5, 5.41) is 0. The number of piperidine rings is 1. The van der Waals surface area contributed by atoms with Gasteiger partial charge in [0.15, 0.2) is 0 Å². The van der Waals surface area contributed by atoms with Crippen molar-refractivity contribution in [2.24, 2.45) is 5.92 Å².